The molecule has 1 atom stereocenters. The second-order valence-electron chi connectivity index (χ2n) is 6.16. The molecule has 1 N–H and O–H groups in total. The maximum absolute atomic E-state index is 12.4. The lowest BCUT2D eigenvalue weighted by molar-refractivity contribution is -0.00715. The Kier molecular flexibility index (Phi) is 5.47. The Morgan fingerprint density at radius 2 is 2.31 bits per heavy atom. The highest BCUT2D eigenvalue weighted by Crippen LogP contribution is 2.11. The Morgan fingerprint density at radius 1 is 1.46 bits per heavy atom. The average molecular weight is 358 g/mol. The van der Waals surface area contributed by atoms with E-state index in [0.717, 1.165) is 0 Å². The number of urea groups is 1. The van der Waals surface area contributed by atoms with Crippen molar-refractivity contribution in [3.05, 3.63) is 47.3 Å². The molecule has 9 nitrogen and oxygen atoms in total. The SMILES string of the molecule is CN(CC1CN(C(=O)Nc2cccnc2)CCO1)c1nccn(C)c1=O. The first-order chi connectivity index (χ1) is 12.5. The molecule has 0 aliphatic carbocycles. The number of likely N-dealkylation sites (N-methyl/N-ethyl adjacent to an activating group) is 1. The van der Waals surface area contributed by atoms with Crippen LogP contribution in [0.25, 0.3) is 0 Å². The number of carbonyl (C=O) groups excluding carboxylic acids is 1. The zero-order valence-electron chi connectivity index (χ0n) is 14.8. The van der Waals surface area contributed by atoms with Gasteiger partial charge in [0.2, 0.25) is 0 Å². The van der Waals surface area contributed by atoms with E-state index in [0.29, 0.717) is 37.7 Å². The van der Waals surface area contributed by atoms with Gasteiger partial charge < -0.3 is 24.4 Å². The van der Waals surface area contributed by atoms with Crippen molar-refractivity contribution < 1.29 is 9.53 Å². The minimum absolute atomic E-state index is 0.169. The lowest BCUT2D eigenvalue weighted by Crippen LogP contribution is -2.51. The number of morpholine rings is 1. The third kappa shape index (κ3) is 4.17. The first-order valence-corrected chi connectivity index (χ1v) is 8.35. The van der Waals surface area contributed by atoms with Crippen LogP contribution in [0.1, 0.15) is 0 Å². The van der Waals surface area contributed by atoms with Gasteiger partial charge in [-0.05, 0) is 12.1 Å². The van der Waals surface area contributed by atoms with E-state index in [9.17, 15) is 9.59 Å². The van der Waals surface area contributed by atoms with E-state index >= 15 is 0 Å². The first-order valence-electron chi connectivity index (χ1n) is 8.35. The van der Waals surface area contributed by atoms with Crippen LogP contribution in [0, 0.1) is 0 Å². The van der Waals surface area contributed by atoms with E-state index in [-0.39, 0.29) is 17.7 Å². The van der Waals surface area contributed by atoms with Gasteiger partial charge in [0.25, 0.3) is 5.56 Å². The second kappa shape index (κ2) is 7.96. The van der Waals surface area contributed by atoms with Gasteiger partial charge in [-0.15, -0.1) is 0 Å². The summed E-state index contributed by atoms with van der Waals surface area (Å²) in [6.07, 6.45) is 6.24. The molecule has 0 bridgehead atoms. The van der Waals surface area contributed by atoms with Gasteiger partial charge in [0.1, 0.15) is 0 Å². The predicted molar refractivity (Wildman–Crippen MR) is 97.3 cm³/mol. The number of carbonyl (C=O) groups is 1. The van der Waals surface area contributed by atoms with Gasteiger partial charge in [-0.25, -0.2) is 9.78 Å². The molecule has 0 radical (unpaired) electrons. The maximum atomic E-state index is 12.4. The summed E-state index contributed by atoms with van der Waals surface area (Å²) >= 11 is 0. The number of amides is 2. The lowest BCUT2D eigenvalue weighted by Gasteiger charge is -2.34. The quantitative estimate of drug-likeness (QED) is 0.858. The molecule has 9 heteroatoms. The summed E-state index contributed by atoms with van der Waals surface area (Å²) in [6.45, 7) is 1.85. The molecular formula is C17H22N6O3. The molecule has 26 heavy (non-hydrogen) atoms. The molecule has 0 aromatic carbocycles. The number of hydrogen-bond acceptors (Lipinski definition) is 6. The Balaban J connectivity index is 1.60. The third-order valence-corrected chi connectivity index (χ3v) is 4.18. The number of nitrogens with zero attached hydrogens (tertiary/aromatic N) is 5. The summed E-state index contributed by atoms with van der Waals surface area (Å²) in [4.78, 5) is 36.2. The van der Waals surface area contributed by atoms with Crippen LogP contribution in [0.15, 0.2) is 41.7 Å². The minimum atomic E-state index is -0.208. The first kappa shape index (κ1) is 17.9. The number of aromatic nitrogens is 3. The minimum Gasteiger partial charge on any atom is -0.373 e. The summed E-state index contributed by atoms with van der Waals surface area (Å²) in [5.41, 5.74) is 0.478. The highest BCUT2D eigenvalue weighted by Gasteiger charge is 2.26. The van der Waals surface area contributed by atoms with Crippen molar-refractivity contribution in [1.82, 2.24) is 19.4 Å². The molecule has 2 aromatic rings. The van der Waals surface area contributed by atoms with Crippen molar-refractivity contribution in [1.29, 1.82) is 0 Å². The largest absolute Gasteiger partial charge is 0.373 e. The van der Waals surface area contributed by atoms with E-state index in [4.69, 9.17) is 4.74 Å². The van der Waals surface area contributed by atoms with Gasteiger partial charge in [0, 0.05) is 45.8 Å². The summed E-state index contributed by atoms with van der Waals surface area (Å²) in [7, 11) is 3.48. The van der Waals surface area contributed by atoms with Gasteiger partial charge in [-0.1, -0.05) is 0 Å². The van der Waals surface area contributed by atoms with Crippen LogP contribution in [-0.4, -0.2) is 64.9 Å². The van der Waals surface area contributed by atoms with Crippen LogP contribution < -0.4 is 15.8 Å². The molecule has 1 aliphatic heterocycles. The highest BCUT2D eigenvalue weighted by atomic mass is 16.5. The van der Waals surface area contributed by atoms with Crippen LogP contribution in [0.2, 0.25) is 0 Å². The molecule has 1 aliphatic rings. The normalized spacial score (nSPS) is 17.0. The molecule has 2 aromatic heterocycles. The summed E-state index contributed by atoms with van der Waals surface area (Å²) < 4.78 is 7.24. The molecule has 1 fully saturated rings. The average Bonchev–Trinajstić information content (AvgIpc) is 2.65. The molecule has 3 heterocycles. The maximum Gasteiger partial charge on any atom is 0.322 e. The van der Waals surface area contributed by atoms with Crippen LogP contribution in [0.5, 0.6) is 0 Å². The third-order valence-electron chi connectivity index (χ3n) is 4.18. The fourth-order valence-electron chi connectivity index (χ4n) is 2.79. The molecule has 2 amide bonds. The van der Waals surface area contributed by atoms with Gasteiger partial charge in [-0.3, -0.25) is 9.78 Å². The van der Waals surface area contributed by atoms with Crippen LogP contribution >= 0.6 is 0 Å². The van der Waals surface area contributed by atoms with Crippen molar-refractivity contribution in [2.45, 2.75) is 6.10 Å². The van der Waals surface area contributed by atoms with Gasteiger partial charge in [-0.2, -0.15) is 0 Å². The number of pyridine rings is 1. The monoisotopic (exact) mass is 358 g/mol. The zero-order chi connectivity index (χ0) is 18.5. The van der Waals surface area contributed by atoms with Crippen molar-refractivity contribution >= 4 is 17.5 Å². The van der Waals surface area contributed by atoms with E-state index < -0.39 is 0 Å². The van der Waals surface area contributed by atoms with Crippen LogP contribution in [-0.2, 0) is 11.8 Å². The van der Waals surface area contributed by atoms with Crippen molar-refractivity contribution in [2.75, 3.05) is 43.5 Å². The Bertz CT molecular complexity index is 810. The number of ether oxygens (including phenoxy) is 1. The molecular weight excluding hydrogens is 336 g/mol. The summed E-state index contributed by atoms with van der Waals surface area (Å²) in [6, 6.07) is 3.36. The van der Waals surface area contributed by atoms with Crippen molar-refractivity contribution in [2.24, 2.45) is 7.05 Å². The number of anilines is 2. The Hall–Kier alpha value is -2.94. The van der Waals surface area contributed by atoms with Crippen LogP contribution in [0.4, 0.5) is 16.3 Å². The highest BCUT2D eigenvalue weighted by molar-refractivity contribution is 5.89. The van der Waals surface area contributed by atoms with E-state index in [1.165, 1.54) is 4.57 Å². The van der Waals surface area contributed by atoms with Crippen molar-refractivity contribution in [3.8, 4) is 0 Å². The predicted octanol–water partition coefficient (Wildman–Crippen LogP) is 0.544. The van der Waals surface area contributed by atoms with E-state index in [2.05, 4.69) is 15.3 Å². The molecule has 138 valence electrons. The van der Waals surface area contributed by atoms with Gasteiger partial charge in [0.15, 0.2) is 5.82 Å². The molecule has 1 saturated heterocycles. The summed E-state index contributed by atoms with van der Waals surface area (Å²) in [5.74, 6) is 0.357. The van der Waals surface area contributed by atoms with E-state index in [1.807, 2.05) is 0 Å². The second-order valence-corrected chi connectivity index (χ2v) is 6.16. The fraction of sp³-hybridized carbons (Fsp3) is 0.412. The number of rotatable bonds is 4. The van der Waals surface area contributed by atoms with E-state index in [1.54, 1.807) is 60.8 Å². The Morgan fingerprint density at radius 3 is 3.08 bits per heavy atom. The van der Waals surface area contributed by atoms with Gasteiger partial charge in [0.05, 0.1) is 31.1 Å². The summed E-state index contributed by atoms with van der Waals surface area (Å²) in [5, 5.41) is 2.82. The number of nitrogens with one attached hydrogen (secondary N) is 1. The molecule has 0 spiro atoms. The van der Waals surface area contributed by atoms with Gasteiger partial charge >= 0.3 is 6.03 Å². The van der Waals surface area contributed by atoms with Crippen LogP contribution in [0.3, 0.4) is 0 Å². The smallest absolute Gasteiger partial charge is 0.322 e. The topological polar surface area (TPSA) is 92.6 Å². The fourth-order valence-corrected chi connectivity index (χ4v) is 2.79. The molecule has 3 rings (SSSR count). The zero-order valence-corrected chi connectivity index (χ0v) is 14.8. The number of hydrogen-bond donors (Lipinski definition) is 1. The molecule has 1 unspecified atom stereocenters. The number of aryl methyl sites for hydroxylation is 1. The lowest BCUT2D eigenvalue weighted by atomic mass is 10.2. The van der Waals surface area contributed by atoms with Crippen molar-refractivity contribution in [3.63, 3.8) is 0 Å². The molecule has 0 saturated carbocycles. The Labute approximate surface area is 151 Å². The standard InChI is InChI=1S/C17H22N6O3/c1-21-7-6-19-15(16(21)24)22(2)11-14-12-23(8-9-26-14)17(25)20-13-4-3-5-18-10-13/h3-7,10,14H,8-9,11-12H2,1-2H3,(H,20,25).